The van der Waals surface area contributed by atoms with E-state index in [1.807, 2.05) is 7.05 Å². The standard InChI is InChI=1S/C14H21BrN2/c1-14(2)7-4-8-17(14)13-6-5-12(15)9-11(13)10-16-3/h5-6,9,16H,4,7-8,10H2,1-3H3. The molecule has 1 aliphatic heterocycles. The van der Waals surface area contributed by atoms with E-state index >= 15 is 0 Å². The normalized spacial score (nSPS) is 18.7. The third-order valence-electron chi connectivity index (χ3n) is 3.60. The molecule has 0 aliphatic carbocycles. The van der Waals surface area contributed by atoms with Crippen LogP contribution in [0.2, 0.25) is 0 Å². The fourth-order valence-corrected chi connectivity index (χ4v) is 3.11. The molecule has 0 atom stereocenters. The molecule has 0 saturated carbocycles. The van der Waals surface area contributed by atoms with Crippen molar-refractivity contribution in [3.8, 4) is 0 Å². The van der Waals surface area contributed by atoms with Crippen molar-refractivity contribution < 1.29 is 0 Å². The molecule has 3 heteroatoms. The second kappa shape index (κ2) is 4.99. The zero-order valence-corrected chi connectivity index (χ0v) is 12.5. The fraction of sp³-hybridized carbons (Fsp3) is 0.571. The number of nitrogens with one attached hydrogen (secondary N) is 1. The highest BCUT2D eigenvalue weighted by Crippen LogP contribution is 2.36. The van der Waals surface area contributed by atoms with Crippen molar-refractivity contribution in [2.24, 2.45) is 0 Å². The van der Waals surface area contributed by atoms with Gasteiger partial charge in [0.1, 0.15) is 0 Å². The summed E-state index contributed by atoms with van der Waals surface area (Å²) in [6.45, 7) is 6.77. The first kappa shape index (κ1) is 12.9. The number of hydrogen-bond acceptors (Lipinski definition) is 2. The molecular formula is C14H21BrN2. The van der Waals surface area contributed by atoms with Crippen LogP contribution in [0.15, 0.2) is 22.7 Å². The van der Waals surface area contributed by atoms with Gasteiger partial charge in [0, 0.05) is 28.8 Å². The number of nitrogens with zero attached hydrogens (tertiary/aromatic N) is 1. The summed E-state index contributed by atoms with van der Waals surface area (Å²) >= 11 is 3.56. The summed E-state index contributed by atoms with van der Waals surface area (Å²) in [6.07, 6.45) is 2.57. The van der Waals surface area contributed by atoms with Crippen molar-refractivity contribution in [3.63, 3.8) is 0 Å². The lowest BCUT2D eigenvalue weighted by Gasteiger charge is -2.35. The Morgan fingerprint density at radius 3 is 2.76 bits per heavy atom. The third-order valence-corrected chi connectivity index (χ3v) is 4.09. The van der Waals surface area contributed by atoms with Crippen LogP contribution in [0.4, 0.5) is 5.69 Å². The zero-order valence-electron chi connectivity index (χ0n) is 10.9. The predicted molar refractivity (Wildman–Crippen MR) is 77.6 cm³/mol. The Balaban J connectivity index is 2.37. The van der Waals surface area contributed by atoms with Gasteiger partial charge in [0.05, 0.1) is 0 Å². The predicted octanol–water partition coefficient (Wildman–Crippen LogP) is 3.55. The monoisotopic (exact) mass is 296 g/mol. The molecule has 1 saturated heterocycles. The Kier molecular flexibility index (Phi) is 3.79. The van der Waals surface area contributed by atoms with Crippen molar-refractivity contribution in [3.05, 3.63) is 28.2 Å². The number of hydrogen-bond donors (Lipinski definition) is 1. The van der Waals surface area contributed by atoms with Gasteiger partial charge in [0.15, 0.2) is 0 Å². The van der Waals surface area contributed by atoms with Crippen molar-refractivity contribution >= 4 is 21.6 Å². The Hall–Kier alpha value is -0.540. The maximum atomic E-state index is 3.56. The first-order valence-electron chi connectivity index (χ1n) is 6.25. The Labute approximate surface area is 113 Å². The minimum atomic E-state index is 0.288. The molecule has 2 nitrogen and oxygen atoms in total. The first-order valence-corrected chi connectivity index (χ1v) is 7.04. The summed E-state index contributed by atoms with van der Waals surface area (Å²) in [5.74, 6) is 0. The van der Waals surface area contributed by atoms with E-state index in [1.165, 1.54) is 30.6 Å². The molecule has 1 aromatic carbocycles. The minimum Gasteiger partial charge on any atom is -0.366 e. The van der Waals surface area contributed by atoms with Gasteiger partial charge in [-0.2, -0.15) is 0 Å². The molecule has 0 amide bonds. The number of anilines is 1. The summed E-state index contributed by atoms with van der Waals surface area (Å²) < 4.78 is 1.16. The summed E-state index contributed by atoms with van der Waals surface area (Å²) in [5.41, 5.74) is 3.04. The molecule has 1 aromatic rings. The number of benzene rings is 1. The van der Waals surface area contributed by atoms with Gasteiger partial charge in [-0.1, -0.05) is 15.9 Å². The second-order valence-electron chi connectivity index (χ2n) is 5.37. The smallest absolute Gasteiger partial charge is 0.0417 e. The summed E-state index contributed by atoms with van der Waals surface area (Å²) in [6, 6.07) is 6.60. The summed E-state index contributed by atoms with van der Waals surface area (Å²) in [7, 11) is 2.00. The van der Waals surface area contributed by atoms with Crippen LogP contribution in [-0.4, -0.2) is 19.1 Å². The van der Waals surface area contributed by atoms with E-state index in [0.717, 1.165) is 11.0 Å². The van der Waals surface area contributed by atoms with Crippen molar-refractivity contribution in [2.75, 3.05) is 18.5 Å². The maximum Gasteiger partial charge on any atom is 0.0417 e. The molecule has 17 heavy (non-hydrogen) atoms. The molecule has 2 rings (SSSR count). The second-order valence-corrected chi connectivity index (χ2v) is 6.29. The lowest BCUT2D eigenvalue weighted by Crippen LogP contribution is -2.38. The zero-order chi connectivity index (χ0) is 12.5. The molecule has 1 fully saturated rings. The number of rotatable bonds is 3. The number of halogens is 1. The highest BCUT2D eigenvalue weighted by atomic mass is 79.9. The molecule has 1 N–H and O–H groups in total. The Morgan fingerprint density at radius 1 is 1.41 bits per heavy atom. The highest BCUT2D eigenvalue weighted by molar-refractivity contribution is 9.10. The highest BCUT2D eigenvalue weighted by Gasteiger charge is 2.32. The van der Waals surface area contributed by atoms with E-state index in [2.05, 4.69) is 58.2 Å². The van der Waals surface area contributed by atoms with Crippen LogP contribution in [-0.2, 0) is 6.54 Å². The molecule has 0 spiro atoms. The third kappa shape index (κ3) is 2.66. The molecular weight excluding hydrogens is 276 g/mol. The lowest BCUT2D eigenvalue weighted by molar-refractivity contribution is 0.516. The molecule has 0 unspecified atom stereocenters. The topological polar surface area (TPSA) is 15.3 Å². The molecule has 0 bridgehead atoms. The minimum absolute atomic E-state index is 0.288. The van der Waals surface area contributed by atoms with Gasteiger partial charge in [0.2, 0.25) is 0 Å². The van der Waals surface area contributed by atoms with Crippen LogP contribution in [0.25, 0.3) is 0 Å². The summed E-state index contributed by atoms with van der Waals surface area (Å²) in [5, 5.41) is 3.25. The molecule has 0 aromatic heterocycles. The van der Waals surface area contributed by atoms with Crippen LogP contribution in [0.5, 0.6) is 0 Å². The van der Waals surface area contributed by atoms with E-state index < -0.39 is 0 Å². The summed E-state index contributed by atoms with van der Waals surface area (Å²) in [4.78, 5) is 2.55. The Morgan fingerprint density at radius 2 is 2.18 bits per heavy atom. The van der Waals surface area contributed by atoms with E-state index in [1.54, 1.807) is 0 Å². The van der Waals surface area contributed by atoms with Gasteiger partial charge in [-0.25, -0.2) is 0 Å². The average Bonchev–Trinajstić information content (AvgIpc) is 2.59. The van der Waals surface area contributed by atoms with Gasteiger partial charge in [-0.15, -0.1) is 0 Å². The van der Waals surface area contributed by atoms with Crippen LogP contribution in [0, 0.1) is 0 Å². The fourth-order valence-electron chi connectivity index (χ4n) is 2.70. The van der Waals surface area contributed by atoms with Crippen LogP contribution in [0.3, 0.4) is 0 Å². The van der Waals surface area contributed by atoms with Crippen LogP contribution < -0.4 is 10.2 Å². The van der Waals surface area contributed by atoms with Gasteiger partial charge < -0.3 is 10.2 Å². The molecule has 0 radical (unpaired) electrons. The first-order chi connectivity index (χ1) is 8.04. The molecule has 94 valence electrons. The largest absolute Gasteiger partial charge is 0.366 e. The average molecular weight is 297 g/mol. The van der Waals surface area contributed by atoms with Crippen molar-refractivity contribution in [1.29, 1.82) is 0 Å². The van der Waals surface area contributed by atoms with E-state index in [0.29, 0.717) is 0 Å². The maximum absolute atomic E-state index is 3.56. The van der Waals surface area contributed by atoms with E-state index in [9.17, 15) is 0 Å². The van der Waals surface area contributed by atoms with E-state index in [4.69, 9.17) is 0 Å². The van der Waals surface area contributed by atoms with Gasteiger partial charge in [-0.3, -0.25) is 0 Å². The van der Waals surface area contributed by atoms with Crippen molar-refractivity contribution in [2.45, 2.75) is 38.8 Å². The van der Waals surface area contributed by atoms with Crippen LogP contribution in [0.1, 0.15) is 32.3 Å². The van der Waals surface area contributed by atoms with E-state index in [-0.39, 0.29) is 5.54 Å². The molecule has 1 aliphatic rings. The SMILES string of the molecule is CNCc1cc(Br)ccc1N1CCCC1(C)C. The van der Waals surface area contributed by atoms with Crippen LogP contribution >= 0.6 is 15.9 Å². The Bertz CT molecular complexity index is 401. The van der Waals surface area contributed by atoms with Gasteiger partial charge in [0.25, 0.3) is 0 Å². The van der Waals surface area contributed by atoms with Gasteiger partial charge >= 0.3 is 0 Å². The molecule has 1 heterocycles. The van der Waals surface area contributed by atoms with Crippen molar-refractivity contribution in [1.82, 2.24) is 5.32 Å². The quantitative estimate of drug-likeness (QED) is 0.918. The lowest BCUT2D eigenvalue weighted by atomic mass is 10.0. The van der Waals surface area contributed by atoms with Gasteiger partial charge in [-0.05, 0) is 57.5 Å².